The topological polar surface area (TPSA) is 80.9 Å². The molecule has 0 heterocycles. The minimum atomic E-state index is -1.22. The van der Waals surface area contributed by atoms with E-state index in [-0.39, 0.29) is 4.86 Å². The monoisotopic (exact) mass is 166 g/mol. The number of rotatable bonds is 4. The van der Waals surface area contributed by atoms with Crippen molar-refractivity contribution in [1.29, 1.82) is 0 Å². The van der Waals surface area contributed by atoms with Gasteiger partial charge in [-0.2, -0.15) is 0 Å². The van der Waals surface area contributed by atoms with Crippen molar-refractivity contribution in [2.24, 2.45) is 0 Å². The molecule has 0 aromatic heterocycles. The van der Waals surface area contributed by atoms with Crippen LogP contribution in [0.4, 0.5) is 0 Å². The van der Waals surface area contributed by atoms with Crippen molar-refractivity contribution in [3.05, 3.63) is 0 Å². The lowest BCUT2D eigenvalue weighted by atomic mass is 10.2. The summed E-state index contributed by atoms with van der Waals surface area (Å²) < 4.78 is 0. The average molecular weight is 166 g/mol. The molecule has 0 rings (SSSR count). The smallest absolute Gasteiger partial charge is 0.111 e. The first-order valence-corrected chi connectivity index (χ1v) is 3.16. The van der Waals surface area contributed by atoms with Crippen LogP contribution in [-0.4, -0.2) is 50.7 Å². The van der Waals surface area contributed by atoms with Crippen molar-refractivity contribution in [2.45, 2.75) is 12.2 Å². The molecule has 0 aromatic carbocycles. The van der Waals surface area contributed by atoms with Crippen LogP contribution in [-0.2, 0) is 0 Å². The van der Waals surface area contributed by atoms with E-state index in [0.717, 1.165) is 0 Å². The standard InChI is InChI=1S/C5H10O4S/c6-1-3(8)5(10)4(9)2-7/h3-4,6-9H,1-2H2/t3-,4+. The van der Waals surface area contributed by atoms with Gasteiger partial charge in [0.1, 0.15) is 12.2 Å². The van der Waals surface area contributed by atoms with Crippen molar-refractivity contribution < 1.29 is 20.4 Å². The average Bonchev–Trinajstić information content (AvgIpc) is 2.00. The number of thiocarbonyl (C=S) groups is 1. The number of aliphatic hydroxyl groups is 4. The first-order valence-electron chi connectivity index (χ1n) is 2.75. The normalized spacial score (nSPS) is 16.4. The third kappa shape index (κ3) is 2.68. The lowest BCUT2D eigenvalue weighted by Gasteiger charge is -2.12. The second-order valence-corrected chi connectivity index (χ2v) is 2.27. The van der Waals surface area contributed by atoms with E-state index >= 15 is 0 Å². The van der Waals surface area contributed by atoms with Crippen molar-refractivity contribution in [1.82, 2.24) is 0 Å². The summed E-state index contributed by atoms with van der Waals surface area (Å²) in [4.78, 5) is -0.134. The molecule has 0 saturated carbocycles. The summed E-state index contributed by atoms with van der Waals surface area (Å²) in [6, 6.07) is 0. The molecule has 0 aliphatic rings. The minimum Gasteiger partial charge on any atom is -0.393 e. The molecule has 5 heteroatoms. The summed E-state index contributed by atoms with van der Waals surface area (Å²) in [6.07, 6.45) is -2.45. The van der Waals surface area contributed by atoms with E-state index in [2.05, 4.69) is 12.2 Å². The summed E-state index contributed by atoms with van der Waals surface area (Å²) >= 11 is 4.48. The molecule has 0 aliphatic carbocycles. The van der Waals surface area contributed by atoms with Crippen LogP contribution in [0.25, 0.3) is 0 Å². The Morgan fingerprint density at radius 1 is 1.10 bits per heavy atom. The largest absolute Gasteiger partial charge is 0.393 e. The first kappa shape index (κ1) is 9.93. The van der Waals surface area contributed by atoms with Crippen LogP contribution >= 0.6 is 12.2 Å². The van der Waals surface area contributed by atoms with Crippen LogP contribution in [0, 0.1) is 0 Å². The van der Waals surface area contributed by atoms with E-state index < -0.39 is 25.4 Å². The van der Waals surface area contributed by atoms with Crippen molar-refractivity contribution in [2.75, 3.05) is 13.2 Å². The van der Waals surface area contributed by atoms with Gasteiger partial charge in [0.2, 0.25) is 0 Å². The molecule has 0 unspecified atom stereocenters. The van der Waals surface area contributed by atoms with Gasteiger partial charge in [-0.3, -0.25) is 0 Å². The summed E-state index contributed by atoms with van der Waals surface area (Å²) in [5.41, 5.74) is 0. The van der Waals surface area contributed by atoms with Gasteiger partial charge in [-0.15, -0.1) is 0 Å². The summed E-state index contributed by atoms with van der Waals surface area (Å²) in [6.45, 7) is -1.06. The SMILES string of the molecule is OC[C@@H](O)C(=S)[C@@H](O)CO. The Hall–Kier alpha value is -0.0700. The van der Waals surface area contributed by atoms with Crippen LogP contribution in [0.2, 0.25) is 0 Å². The molecule has 0 saturated heterocycles. The maximum absolute atomic E-state index is 8.77. The molecule has 2 atom stereocenters. The van der Waals surface area contributed by atoms with Gasteiger partial charge in [0, 0.05) is 0 Å². The van der Waals surface area contributed by atoms with Crippen LogP contribution in [0.3, 0.4) is 0 Å². The Morgan fingerprint density at radius 2 is 1.40 bits per heavy atom. The molecule has 0 fully saturated rings. The highest BCUT2D eigenvalue weighted by molar-refractivity contribution is 7.80. The van der Waals surface area contributed by atoms with Gasteiger partial charge in [0.15, 0.2) is 0 Å². The van der Waals surface area contributed by atoms with E-state index in [1.807, 2.05) is 0 Å². The van der Waals surface area contributed by atoms with Crippen LogP contribution < -0.4 is 0 Å². The number of aliphatic hydroxyl groups excluding tert-OH is 4. The molecule has 0 aromatic rings. The molecule has 4 N–H and O–H groups in total. The molecule has 0 aliphatic heterocycles. The van der Waals surface area contributed by atoms with E-state index in [4.69, 9.17) is 20.4 Å². The molecule has 0 spiro atoms. The minimum absolute atomic E-state index is 0.134. The molecular formula is C5H10O4S. The van der Waals surface area contributed by atoms with Crippen LogP contribution in [0.1, 0.15) is 0 Å². The zero-order chi connectivity index (χ0) is 8.15. The van der Waals surface area contributed by atoms with Gasteiger partial charge in [0.25, 0.3) is 0 Å². The summed E-state index contributed by atoms with van der Waals surface area (Å²) in [5, 5.41) is 34.2. The van der Waals surface area contributed by atoms with Gasteiger partial charge in [-0.05, 0) is 0 Å². The van der Waals surface area contributed by atoms with Crippen molar-refractivity contribution in [3.63, 3.8) is 0 Å². The maximum atomic E-state index is 8.77. The Morgan fingerprint density at radius 3 is 1.60 bits per heavy atom. The highest BCUT2D eigenvalue weighted by atomic mass is 32.1. The second-order valence-electron chi connectivity index (χ2n) is 1.80. The highest BCUT2D eigenvalue weighted by Gasteiger charge is 2.16. The fraction of sp³-hybridized carbons (Fsp3) is 0.800. The summed E-state index contributed by atoms with van der Waals surface area (Å²) in [5.74, 6) is 0. The Labute approximate surface area is 63.7 Å². The zero-order valence-electron chi connectivity index (χ0n) is 5.27. The van der Waals surface area contributed by atoms with E-state index in [0.29, 0.717) is 0 Å². The van der Waals surface area contributed by atoms with Crippen molar-refractivity contribution in [3.8, 4) is 0 Å². The molecule has 0 radical (unpaired) electrons. The number of hydrogen-bond donors (Lipinski definition) is 4. The first-order chi connectivity index (χ1) is 4.63. The van der Waals surface area contributed by atoms with Gasteiger partial charge in [-0.1, -0.05) is 12.2 Å². The maximum Gasteiger partial charge on any atom is 0.111 e. The lowest BCUT2D eigenvalue weighted by Crippen LogP contribution is -2.35. The predicted octanol–water partition coefficient (Wildman–Crippen LogP) is -1.94. The van der Waals surface area contributed by atoms with Gasteiger partial charge in [-0.25, -0.2) is 0 Å². The number of hydrogen-bond acceptors (Lipinski definition) is 5. The highest BCUT2D eigenvalue weighted by Crippen LogP contribution is 1.94. The molecule has 60 valence electrons. The fourth-order valence-corrected chi connectivity index (χ4v) is 0.551. The van der Waals surface area contributed by atoms with Gasteiger partial charge < -0.3 is 20.4 Å². The van der Waals surface area contributed by atoms with Crippen molar-refractivity contribution >= 4 is 17.1 Å². The second kappa shape index (κ2) is 4.70. The quantitative estimate of drug-likeness (QED) is 0.365. The van der Waals surface area contributed by atoms with Gasteiger partial charge >= 0.3 is 0 Å². The Kier molecular flexibility index (Phi) is 4.67. The predicted molar refractivity (Wildman–Crippen MR) is 38.8 cm³/mol. The van der Waals surface area contributed by atoms with E-state index in [9.17, 15) is 0 Å². The molecule has 4 nitrogen and oxygen atoms in total. The lowest BCUT2D eigenvalue weighted by molar-refractivity contribution is 0.111. The zero-order valence-corrected chi connectivity index (χ0v) is 6.08. The molecular weight excluding hydrogens is 156 g/mol. The molecule has 10 heavy (non-hydrogen) atoms. The van der Waals surface area contributed by atoms with Gasteiger partial charge in [0.05, 0.1) is 18.1 Å². The third-order valence-electron chi connectivity index (χ3n) is 1.00. The Balaban J connectivity index is 3.82. The van der Waals surface area contributed by atoms with E-state index in [1.165, 1.54) is 0 Å². The third-order valence-corrected chi connectivity index (χ3v) is 1.55. The fourth-order valence-electron chi connectivity index (χ4n) is 0.402. The van der Waals surface area contributed by atoms with Crippen LogP contribution in [0.5, 0.6) is 0 Å². The van der Waals surface area contributed by atoms with Crippen LogP contribution in [0.15, 0.2) is 0 Å². The molecule has 0 bridgehead atoms. The van der Waals surface area contributed by atoms with E-state index in [1.54, 1.807) is 0 Å². The molecule has 0 amide bonds. The Bertz CT molecular complexity index is 104. The summed E-state index contributed by atoms with van der Waals surface area (Å²) in [7, 11) is 0.